The van der Waals surface area contributed by atoms with Gasteiger partial charge in [0, 0.05) is 10.6 Å². The molecule has 1 saturated heterocycles. The fourth-order valence-electron chi connectivity index (χ4n) is 3.52. The number of carbonyl (C=O) groups excluding carboxylic acids is 3. The zero-order valence-corrected chi connectivity index (χ0v) is 18.4. The molecule has 0 aliphatic carbocycles. The summed E-state index contributed by atoms with van der Waals surface area (Å²) >= 11 is 6.03. The number of hydrogen-bond acceptors (Lipinski definition) is 5. The summed E-state index contributed by atoms with van der Waals surface area (Å²) in [6, 6.07) is 10.8. The Morgan fingerprint density at radius 3 is 2.58 bits per heavy atom. The van der Waals surface area contributed by atoms with E-state index < -0.39 is 36.0 Å². The van der Waals surface area contributed by atoms with Gasteiger partial charge in [-0.25, -0.2) is 4.79 Å². The van der Waals surface area contributed by atoms with E-state index in [0.717, 1.165) is 4.90 Å². The van der Waals surface area contributed by atoms with Crippen molar-refractivity contribution in [3.63, 3.8) is 0 Å². The highest BCUT2D eigenvalue weighted by Gasteiger charge is 2.49. The van der Waals surface area contributed by atoms with Gasteiger partial charge in [-0.2, -0.15) is 0 Å². The summed E-state index contributed by atoms with van der Waals surface area (Å²) in [7, 11) is 3.08. The van der Waals surface area contributed by atoms with Crippen LogP contribution in [-0.4, -0.2) is 43.5 Å². The molecular formula is C22H24ClN3O5. The number of urea groups is 1. The summed E-state index contributed by atoms with van der Waals surface area (Å²) in [5, 5.41) is 5.90. The number of amides is 4. The Morgan fingerprint density at radius 1 is 1.19 bits per heavy atom. The van der Waals surface area contributed by atoms with Crippen LogP contribution in [0.5, 0.6) is 11.5 Å². The van der Waals surface area contributed by atoms with Crippen LogP contribution in [0.4, 0.5) is 4.79 Å². The number of halogens is 1. The van der Waals surface area contributed by atoms with Gasteiger partial charge in [-0.3, -0.25) is 14.5 Å². The monoisotopic (exact) mass is 445 g/mol. The zero-order valence-electron chi connectivity index (χ0n) is 17.7. The van der Waals surface area contributed by atoms with Gasteiger partial charge in [-0.05, 0) is 49.7 Å². The molecule has 0 radical (unpaired) electrons. The Hall–Kier alpha value is -3.26. The Bertz CT molecular complexity index is 1030. The molecule has 2 atom stereocenters. The highest BCUT2D eigenvalue weighted by atomic mass is 35.5. The van der Waals surface area contributed by atoms with E-state index in [1.165, 1.54) is 7.11 Å². The van der Waals surface area contributed by atoms with E-state index in [2.05, 4.69) is 10.6 Å². The number of benzene rings is 2. The molecule has 2 N–H and O–H groups in total. The second-order valence-corrected chi connectivity index (χ2v) is 7.79. The number of nitrogens with one attached hydrogen (secondary N) is 2. The van der Waals surface area contributed by atoms with Crippen molar-refractivity contribution in [1.82, 2.24) is 15.5 Å². The molecule has 0 saturated carbocycles. The molecule has 31 heavy (non-hydrogen) atoms. The zero-order chi connectivity index (χ0) is 22.8. The van der Waals surface area contributed by atoms with Crippen molar-refractivity contribution in [2.45, 2.75) is 25.4 Å². The van der Waals surface area contributed by atoms with Crippen LogP contribution in [0.2, 0.25) is 5.02 Å². The lowest BCUT2D eigenvalue weighted by atomic mass is 9.92. The van der Waals surface area contributed by atoms with Crippen LogP contribution in [0.1, 0.15) is 31.0 Å². The maximum Gasteiger partial charge on any atom is 0.325 e. The van der Waals surface area contributed by atoms with Gasteiger partial charge in [0.15, 0.2) is 0 Å². The first kappa shape index (κ1) is 22.4. The van der Waals surface area contributed by atoms with Gasteiger partial charge in [0.25, 0.3) is 5.91 Å². The molecule has 9 heteroatoms. The number of methoxy groups -OCH3 is 2. The lowest BCUT2D eigenvalue weighted by Gasteiger charge is -2.23. The predicted octanol–water partition coefficient (Wildman–Crippen LogP) is 3.00. The standard InChI is InChI=1S/C22H24ClN3O5/c1-13(17-11-16(30-3)8-9-18(17)31-4)24-19(27)12-26-20(28)22(2,25-21(26)29)14-6-5-7-15(23)10-14/h5-11,13H,12H2,1-4H3,(H,24,27)(H,25,29). The average Bonchev–Trinajstić information content (AvgIpc) is 2.97. The highest BCUT2D eigenvalue weighted by molar-refractivity contribution is 6.30. The Labute approximate surface area is 185 Å². The molecule has 2 aromatic carbocycles. The molecule has 0 aromatic heterocycles. The number of carbonyl (C=O) groups is 3. The van der Waals surface area contributed by atoms with Crippen LogP contribution in [0.25, 0.3) is 0 Å². The van der Waals surface area contributed by atoms with E-state index in [1.807, 2.05) is 0 Å². The van der Waals surface area contributed by atoms with Crippen molar-refractivity contribution in [3.8, 4) is 11.5 Å². The second-order valence-electron chi connectivity index (χ2n) is 7.35. The molecule has 0 bridgehead atoms. The molecule has 1 fully saturated rings. The minimum atomic E-state index is -1.30. The summed E-state index contributed by atoms with van der Waals surface area (Å²) in [4.78, 5) is 39.0. The third-order valence-corrected chi connectivity index (χ3v) is 5.49. The minimum absolute atomic E-state index is 0.419. The molecule has 164 valence electrons. The van der Waals surface area contributed by atoms with Crippen LogP contribution >= 0.6 is 11.6 Å². The van der Waals surface area contributed by atoms with Crippen LogP contribution in [-0.2, 0) is 15.1 Å². The van der Waals surface area contributed by atoms with Crippen molar-refractivity contribution in [3.05, 3.63) is 58.6 Å². The summed E-state index contributed by atoms with van der Waals surface area (Å²) in [5.74, 6) is 0.179. The first-order chi connectivity index (χ1) is 14.7. The number of imide groups is 1. The Balaban J connectivity index is 1.74. The highest BCUT2D eigenvalue weighted by Crippen LogP contribution is 2.31. The summed E-state index contributed by atoms with van der Waals surface area (Å²) in [6.07, 6.45) is 0. The number of ether oxygens (including phenoxy) is 2. The van der Waals surface area contributed by atoms with E-state index in [0.29, 0.717) is 27.6 Å². The van der Waals surface area contributed by atoms with Crippen LogP contribution in [0, 0.1) is 0 Å². The van der Waals surface area contributed by atoms with Crippen molar-refractivity contribution in [2.24, 2.45) is 0 Å². The largest absolute Gasteiger partial charge is 0.497 e. The molecule has 1 aliphatic heterocycles. The Kier molecular flexibility index (Phi) is 6.40. The first-order valence-electron chi connectivity index (χ1n) is 9.61. The second kappa shape index (κ2) is 8.85. The molecule has 1 aliphatic rings. The number of rotatable bonds is 7. The number of nitrogens with zero attached hydrogens (tertiary/aromatic N) is 1. The molecule has 8 nitrogen and oxygen atoms in total. The van der Waals surface area contributed by atoms with Gasteiger partial charge < -0.3 is 20.1 Å². The van der Waals surface area contributed by atoms with Crippen molar-refractivity contribution in [1.29, 1.82) is 0 Å². The fraction of sp³-hybridized carbons (Fsp3) is 0.318. The van der Waals surface area contributed by atoms with Gasteiger partial charge in [-0.15, -0.1) is 0 Å². The lowest BCUT2D eigenvalue weighted by molar-refractivity contribution is -0.135. The average molecular weight is 446 g/mol. The first-order valence-corrected chi connectivity index (χ1v) is 9.99. The SMILES string of the molecule is COc1ccc(OC)c(C(C)NC(=O)CN2C(=O)NC(C)(c3cccc(Cl)c3)C2=O)c1. The Morgan fingerprint density at radius 2 is 1.94 bits per heavy atom. The third-order valence-electron chi connectivity index (χ3n) is 5.26. The van der Waals surface area contributed by atoms with Gasteiger partial charge in [0.1, 0.15) is 23.6 Å². The van der Waals surface area contributed by atoms with Crippen LogP contribution in [0.15, 0.2) is 42.5 Å². The smallest absolute Gasteiger partial charge is 0.325 e. The molecule has 2 unspecified atom stereocenters. The van der Waals surface area contributed by atoms with E-state index in [1.54, 1.807) is 63.4 Å². The molecule has 4 amide bonds. The van der Waals surface area contributed by atoms with Crippen molar-refractivity contribution >= 4 is 29.4 Å². The van der Waals surface area contributed by atoms with Crippen LogP contribution < -0.4 is 20.1 Å². The van der Waals surface area contributed by atoms with Gasteiger partial charge in [-0.1, -0.05) is 23.7 Å². The minimum Gasteiger partial charge on any atom is -0.497 e. The van der Waals surface area contributed by atoms with Gasteiger partial charge in [0.05, 0.1) is 20.3 Å². The van der Waals surface area contributed by atoms with Gasteiger partial charge >= 0.3 is 6.03 Å². The maximum absolute atomic E-state index is 13.0. The van der Waals surface area contributed by atoms with Gasteiger partial charge in [0.2, 0.25) is 5.91 Å². The van der Waals surface area contributed by atoms with E-state index in [-0.39, 0.29) is 0 Å². The number of hydrogen-bond donors (Lipinski definition) is 2. The van der Waals surface area contributed by atoms with E-state index in [9.17, 15) is 14.4 Å². The molecule has 3 rings (SSSR count). The molecule has 0 spiro atoms. The molecular weight excluding hydrogens is 422 g/mol. The van der Waals surface area contributed by atoms with Crippen LogP contribution in [0.3, 0.4) is 0 Å². The van der Waals surface area contributed by atoms with E-state index in [4.69, 9.17) is 21.1 Å². The lowest BCUT2D eigenvalue weighted by Crippen LogP contribution is -2.43. The summed E-state index contributed by atoms with van der Waals surface area (Å²) in [6.45, 7) is 2.94. The third kappa shape index (κ3) is 4.44. The van der Waals surface area contributed by atoms with Crippen molar-refractivity contribution < 1.29 is 23.9 Å². The topological polar surface area (TPSA) is 97.0 Å². The van der Waals surface area contributed by atoms with E-state index >= 15 is 0 Å². The quantitative estimate of drug-likeness (QED) is 0.638. The fourth-order valence-corrected chi connectivity index (χ4v) is 3.71. The molecule has 2 aromatic rings. The van der Waals surface area contributed by atoms with Crippen molar-refractivity contribution in [2.75, 3.05) is 20.8 Å². The predicted molar refractivity (Wildman–Crippen MR) is 115 cm³/mol. The summed E-state index contributed by atoms with van der Waals surface area (Å²) in [5.41, 5.74) is -0.0592. The maximum atomic E-state index is 13.0. The summed E-state index contributed by atoms with van der Waals surface area (Å²) < 4.78 is 10.6. The molecule has 1 heterocycles. The normalized spacial score (nSPS) is 19.1.